The fourth-order valence-corrected chi connectivity index (χ4v) is 7.21. The number of nitrogens with zero attached hydrogens (tertiary/aromatic N) is 2. The van der Waals surface area contributed by atoms with Gasteiger partial charge in [-0.15, -0.1) is 12.3 Å². The molecule has 1 aliphatic heterocycles. The van der Waals surface area contributed by atoms with Crippen molar-refractivity contribution < 1.29 is 14.7 Å². The van der Waals surface area contributed by atoms with Crippen molar-refractivity contribution in [3.05, 3.63) is 28.8 Å². The summed E-state index contributed by atoms with van der Waals surface area (Å²) in [5.74, 6) is 1.77. The number of likely N-dealkylation sites (N-methyl/N-ethyl adjacent to an activating group) is 1. The summed E-state index contributed by atoms with van der Waals surface area (Å²) in [6.45, 7) is 4.91. The molecular weight excluding hydrogens is 460 g/mol. The Hall–Kier alpha value is -2.03. The minimum Gasteiger partial charge on any atom is -0.480 e. The van der Waals surface area contributed by atoms with E-state index in [4.69, 9.17) is 18.0 Å². The smallest absolute Gasteiger partial charge is 0.321 e. The third-order valence-electron chi connectivity index (χ3n) is 9.05. The van der Waals surface area contributed by atoms with Crippen LogP contribution in [-0.2, 0) is 15.0 Å². The van der Waals surface area contributed by atoms with Crippen LogP contribution in [0.3, 0.4) is 0 Å². The summed E-state index contributed by atoms with van der Waals surface area (Å²) >= 11 is 6.46. The number of likely N-dealkylation sites (tertiary alicyclic amines) is 1. The zero-order valence-corrected chi connectivity index (χ0v) is 22.3. The maximum absolute atomic E-state index is 12.4. The second-order valence-electron chi connectivity index (χ2n) is 10.7. The number of halogens is 1. The molecule has 1 spiro atoms. The number of carbonyl (C=O) groups excluding carboxylic acids is 1. The van der Waals surface area contributed by atoms with Gasteiger partial charge in [0.25, 0.3) is 0 Å². The lowest BCUT2D eigenvalue weighted by atomic mass is 9.57. The summed E-state index contributed by atoms with van der Waals surface area (Å²) in [4.78, 5) is 28.7. The number of carbonyl (C=O) groups is 2. The van der Waals surface area contributed by atoms with E-state index in [0.717, 1.165) is 81.9 Å². The van der Waals surface area contributed by atoms with Crippen molar-refractivity contribution in [1.29, 1.82) is 0 Å². The number of aliphatic carboxylic acids is 1. The number of rotatable bonds is 11. The summed E-state index contributed by atoms with van der Waals surface area (Å²) in [6, 6.07) is 5.24. The van der Waals surface area contributed by atoms with Crippen molar-refractivity contribution in [2.75, 3.05) is 18.5 Å². The number of hydrogen-bond donors (Lipinski definition) is 1. The maximum Gasteiger partial charge on any atom is 0.321 e. The largest absolute Gasteiger partial charge is 0.480 e. The molecule has 0 aromatic heterocycles. The van der Waals surface area contributed by atoms with Crippen LogP contribution in [0.1, 0.15) is 90.0 Å². The summed E-state index contributed by atoms with van der Waals surface area (Å²) in [5, 5.41) is 10.8. The summed E-state index contributed by atoms with van der Waals surface area (Å²) in [6.07, 6.45) is 17.5. The van der Waals surface area contributed by atoms with Crippen molar-refractivity contribution >= 4 is 29.7 Å². The Labute approximate surface area is 216 Å². The minimum atomic E-state index is -0.777. The van der Waals surface area contributed by atoms with Gasteiger partial charge < -0.3 is 10.0 Å². The van der Waals surface area contributed by atoms with Crippen molar-refractivity contribution in [1.82, 2.24) is 4.90 Å². The molecule has 1 amide bonds. The molecule has 35 heavy (non-hydrogen) atoms. The molecule has 0 unspecified atom stereocenters. The molecule has 1 saturated carbocycles. The van der Waals surface area contributed by atoms with Gasteiger partial charge in [0.1, 0.15) is 6.04 Å². The molecule has 1 aromatic rings. The number of carboxylic acid groups (broad SMARTS) is 1. The molecule has 3 rings (SSSR count). The fourth-order valence-electron chi connectivity index (χ4n) is 7.04. The average molecular weight is 501 g/mol. The first-order valence-electron chi connectivity index (χ1n) is 13.2. The molecule has 0 radical (unpaired) electrons. The fraction of sp³-hybridized carbons (Fsp3) is 0.655. The van der Waals surface area contributed by atoms with E-state index < -0.39 is 17.4 Å². The minimum absolute atomic E-state index is 0.132. The van der Waals surface area contributed by atoms with Gasteiger partial charge in [0.15, 0.2) is 0 Å². The average Bonchev–Trinajstić information content (AvgIpc) is 3.00. The van der Waals surface area contributed by atoms with Crippen molar-refractivity contribution in [3.8, 4) is 12.3 Å². The molecule has 1 heterocycles. The summed E-state index contributed by atoms with van der Waals surface area (Å²) in [5.41, 5.74) is 1.13. The van der Waals surface area contributed by atoms with Crippen molar-refractivity contribution in [2.24, 2.45) is 5.92 Å². The third kappa shape index (κ3) is 5.11. The predicted octanol–water partition coefficient (Wildman–Crippen LogP) is 6.27. The van der Waals surface area contributed by atoms with Gasteiger partial charge in [-0.25, -0.2) is 0 Å². The summed E-state index contributed by atoms with van der Waals surface area (Å²) in [7, 11) is 1.99. The van der Waals surface area contributed by atoms with E-state index in [1.807, 2.05) is 25.2 Å². The standard InChI is InChI=1S/C29H41ClN2O3/c1-5-6-7-8-9-10-14-19-32(21-33)25-20-23(30)15-16-24(25)28(3)22(2)26(27(34)35)31(4)29(28)17-12-11-13-18-29/h1,15-16,20-22,26H,6-14,17-19H2,2-4H3,(H,34,35)/t22-,26+,28-/m0/s1. The van der Waals surface area contributed by atoms with Crippen LogP contribution in [0.25, 0.3) is 0 Å². The highest BCUT2D eigenvalue weighted by Gasteiger charge is 2.65. The highest BCUT2D eigenvalue weighted by molar-refractivity contribution is 6.31. The van der Waals surface area contributed by atoms with Crippen LogP contribution >= 0.6 is 11.6 Å². The Morgan fingerprint density at radius 2 is 1.89 bits per heavy atom. The number of terminal acetylenes is 1. The number of anilines is 1. The van der Waals surface area contributed by atoms with Gasteiger partial charge >= 0.3 is 5.97 Å². The van der Waals surface area contributed by atoms with Crippen molar-refractivity contribution in [2.45, 2.75) is 101 Å². The van der Waals surface area contributed by atoms with Gasteiger partial charge in [-0.05, 0) is 56.3 Å². The van der Waals surface area contributed by atoms with Crippen LogP contribution in [0.15, 0.2) is 18.2 Å². The van der Waals surface area contributed by atoms with Crippen LogP contribution in [0.5, 0.6) is 0 Å². The normalized spacial score (nSPS) is 25.9. The van der Waals surface area contributed by atoms with E-state index in [1.54, 1.807) is 4.90 Å². The van der Waals surface area contributed by atoms with Gasteiger partial charge in [0.05, 0.1) is 0 Å². The Balaban J connectivity index is 1.96. The first-order valence-corrected chi connectivity index (χ1v) is 13.5. The molecule has 3 atom stereocenters. The van der Waals surface area contributed by atoms with Gasteiger partial charge in [0.2, 0.25) is 6.41 Å². The molecule has 0 bridgehead atoms. The first kappa shape index (κ1) is 27.6. The van der Waals surface area contributed by atoms with E-state index in [9.17, 15) is 14.7 Å². The Kier molecular flexibility index (Phi) is 9.29. The number of hydrogen-bond acceptors (Lipinski definition) is 3. The van der Waals surface area contributed by atoms with Crippen LogP contribution < -0.4 is 4.90 Å². The topological polar surface area (TPSA) is 60.9 Å². The van der Waals surface area contributed by atoms with Gasteiger partial charge in [-0.2, -0.15) is 0 Å². The van der Waals surface area contributed by atoms with Gasteiger partial charge in [0, 0.05) is 34.6 Å². The molecule has 1 saturated heterocycles. The first-order chi connectivity index (χ1) is 16.7. The Bertz CT molecular complexity index is 936. The highest BCUT2D eigenvalue weighted by Crippen LogP contribution is 2.60. The maximum atomic E-state index is 12.4. The van der Waals surface area contributed by atoms with E-state index in [-0.39, 0.29) is 11.5 Å². The van der Waals surface area contributed by atoms with E-state index in [0.29, 0.717) is 11.6 Å². The van der Waals surface area contributed by atoms with Crippen LogP contribution in [0.2, 0.25) is 5.02 Å². The number of benzene rings is 1. The molecular formula is C29H41ClN2O3. The Morgan fingerprint density at radius 1 is 1.23 bits per heavy atom. The number of amides is 1. The quantitative estimate of drug-likeness (QED) is 0.221. The lowest BCUT2D eigenvalue weighted by Gasteiger charge is -2.52. The van der Waals surface area contributed by atoms with Crippen LogP contribution in [0, 0.1) is 18.3 Å². The molecule has 6 heteroatoms. The zero-order chi connectivity index (χ0) is 25.6. The van der Waals surface area contributed by atoms with E-state index in [1.165, 1.54) is 6.42 Å². The molecule has 192 valence electrons. The number of carboxylic acids is 1. The molecule has 5 nitrogen and oxygen atoms in total. The molecule has 1 N–H and O–H groups in total. The summed E-state index contributed by atoms with van der Waals surface area (Å²) < 4.78 is 0. The second-order valence-corrected chi connectivity index (χ2v) is 11.1. The molecule has 2 aliphatic rings. The third-order valence-corrected chi connectivity index (χ3v) is 9.29. The SMILES string of the molecule is C#CCCCCCCCN(C=O)c1cc(Cl)ccc1[C@]1(C)[C@@H](C)[C@H](C(=O)O)N(C)C12CCCCC2. The lowest BCUT2D eigenvalue weighted by molar-refractivity contribution is -0.144. The molecule has 1 aliphatic carbocycles. The van der Waals surface area contributed by atoms with Crippen LogP contribution in [-0.4, -0.2) is 47.6 Å². The van der Waals surface area contributed by atoms with Gasteiger partial charge in [-0.3, -0.25) is 14.5 Å². The monoisotopic (exact) mass is 500 g/mol. The van der Waals surface area contributed by atoms with Crippen molar-refractivity contribution in [3.63, 3.8) is 0 Å². The van der Waals surface area contributed by atoms with E-state index in [2.05, 4.69) is 24.7 Å². The van der Waals surface area contributed by atoms with E-state index >= 15 is 0 Å². The number of unbranched alkanes of at least 4 members (excludes halogenated alkanes) is 5. The van der Waals surface area contributed by atoms with Crippen LogP contribution in [0.4, 0.5) is 5.69 Å². The van der Waals surface area contributed by atoms with Gasteiger partial charge in [-0.1, -0.05) is 70.0 Å². The second kappa shape index (κ2) is 11.8. The highest BCUT2D eigenvalue weighted by atomic mass is 35.5. The molecule has 2 fully saturated rings. The lowest BCUT2D eigenvalue weighted by Crippen LogP contribution is -2.56. The zero-order valence-electron chi connectivity index (χ0n) is 21.6. The Morgan fingerprint density at radius 3 is 2.51 bits per heavy atom. The molecule has 1 aromatic carbocycles. The predicted molar refractivity (Wildman–Crippen MR) is 143 cm³/mol.